The minimum absolute atomic E-state index is 0.667. The van der Waals surface area contributed by atoms with Crippen LogP contribution in [0.15, 0.2) is 29.6 Å². The molecule has 17 heavy (non-hydrogen) atoms. The van der Waals surface area contributed by atoms with Crippen LogP contribution in [0.1, 0.15) is 16.4 Å². The molecule has 86 valence electrons. The van der Waals surface area contributed by atoms with Crippen molar-refractivity contribution in [3.63, 3.8) is 0 Å². The van der Waals surface area contributed by atoms with Crippen molar-refractivity contribution in [1.82, 2.24) is 14.6 Å². The molecule has 3 aromatic heterocycles. The highest BCUT2D eigenvalue weighted by atomic mass is 32.1. The molecular formula is C12H12N4S. The molecule has 0 radical (unpaired) electrons. The number of anilines is 1. The van der Waals surface area contributed by atoms with Gasteiger partial charge in [-0.15, -0.1) is 21.5 Å². The topological polar surface area (TPSA) is 56.2 Å². The van der Waals surface area contributed by atoms with Crippen LogP contribution in [0, 0.1) is 6.92 Å². The molecule has 0 spiro atoms. The maximum atomic E-state index is 5.89. The smallest absolute Gasteiger partial charge is 0.184 e. The van der Waals surface area contributed by atoms with Crippen LogP contribution >= 0.6 is 11.3 Å². The van der Waals surface area contributed by atoms with Crippen LogP contribution in [0.3, 0.4) is 0 Å². The van der Waals surface area contributed by atoms with Gasteiger partial charge < -0.3 is 5.73 Å². The van der Waals surface area contributed by atoms with Gasteiger partial charge in [0.2, 0.25) is 0 Å². The monoisotopic (exact) mass is 244 g/mol. The number of thiophene rings is 1. The molecule has 0 saturated heterocycles. The van der Waals surface area contributed by atoms with Crippen LogP contribution < -0.4 is 5.73 Å². The molecule has 3 aromatic rings. The molecule has 0 aromatic carbocycles. The summed E-state index contributed by atoms with van der Waals surface area (Å²) in [6.07, 6.45) is 0.795. The maximum absolute atomic E-state index is 5.89. The van der Waals surface area contributed by atoms with E-state index in [1.54, 1.807) is 11.3 Å². The highest BCUT2D eigenvalue weighted by Gasteiger charge is 2.10. The number of nitrogens with zero attached hydrogens (tertiary/aromatic N) is 3. The van der Waals surface area contributed by atoms with E-state index >= 15 is 0 Å². The lowest BCUT2D eigenvalue weighted by Crippen LogP contribution is -2.00. The highest BCUT2D eigenvalue weighted by Crippen LogP contribution is 2.19. The third-order valence-electron chi connectivity index (χ3n) is 2.76. The Bertz CT molecular complexity index is 655. The number of hydrogen-bond donors (Lipinski definition) is 1. The van der Waals surface area contributed by atoms with Crippen LogP contribution in [0.25, 0.3) is 5.65 Å². The van der Waals surface area contributed by atoms with Crippen LogP contribution in [-0.2, 0) is 6.42 Å². The fourth-order valence-electron chi connectivity index (χ4n) is 1.92. The minimum Gasteiger partial charge on any atom is -0.396 e. The average molecular weight is 244 g/mol. The van der Waals surface area contributed by atoms with Crippen molar-refractivity contribution in [2.75, 3.05) is 5.73 Å². The van der Waals surface area contributed by atoms with Crippen molar-refractivity contribution in [2.45, 2.75) is 13.3 Å². The van der Waals surface area contributed by atoms with E-state index in [0.717, 1.165) is 23.6 Å². The Morgan fingerprint density at radius 1 is 1.29 bits per heavy atom. The number of nitrogens with two attached hydrogens (primary N) is 1. The lowest BCUT2D eigenvalue weighted by Gasteiger charge is -2.04. The first-order chi connectivity index (χ1) is 8.25. The molecule has 5 heteroatoms. The van der Waals surface area contributed by atoms with E-state index in [0.29, 0.717) is 5.69 Å². The zero-order valence-electron chi connectivity index (χ0n) is 9.42. The Hall–Kier alpha value is -1.88. The first-order valence-electron chi connectivity index (χ1n) is 5.37. The summed E-state index contributed by atoms with van der Waals surface area (Å²) in [4.78, 5) is 1.28. The molecule has 0 unspecified atom stereocenters. The minimum atomic E-state index is 0.667. The van der Waals surface area contributed by atoms with E-state index < -0.39 is 0 Å². The fraction of sp³-hybridized carbons (Fsp3) is 0.167. The van der Waals surface area contributed by atoms with E-state index in [9.17, 15) is 0 Å². The van der Waals surface area contributed by atoms with E-state index in [1.807, 2.05) is 29.5 Å². The summed E-state index contributed by atoms with van der Waals surface area (Å²) >= 11 is 1.73. The van der Waals surface area contributed by atoms with Crippen molar-refractivity contribution in [3.8, 4) is 0 Å². The van der Waals surface area contributed by atoms with E-state index in [1.165, 1.54) is 4.88 Å². The highest BCUT2D eigenvalue weighted by molar-refractivity contribution is 7.09. The van der Waals surface area contributed by atoms with Crippen LogP contribution in [0.5, 0.6) is 0 Å². The summed E-state index contributed by atoms with van der Waals surface area (Å²) in [5.74, 6) is 0.937. The molecule has 3 rings (SSSR count). The van der Waals surface area contributed by atoms with E-state index in [-0.39, 0.29) is 0 Å². The molecule has 0 fully saturated rings. The molecule has 3 heterocycles. The maximum Gasteiger partial charge on any atom is 0.184 e. The predicted molar refractivity (Wildman–Crippen MR) is 69.3 cm³/mol. The zero-order chi connectivity index (χ0) is 11.8. The Balaban J connectivity index is 2.14. The quantitative estimate of drug-likeness (QED) is 0.752. The van der Waals surface area contributed by atoms with Gasteiger partial charge in [-0.2, -0.15) is 0 Å². The van der Waals surface area contributed by atoms with Crippen molar-refractivity contribution in [2.24, 2.45) is 0 Å². The van der Waals surface area contributed by atoms with E-state index in [4.69, 9.17) is 5.73 Å². The van der Waals surface area contributed by atoms with Gasteiger partial charge in [0.15, 0.2) is 5.65 Å². The molecule has 2 N–H and O–H groups in total. The Morgan fingerprint density at radius 3 is 2.94 bits per heavy atom. The third-order valence-corrected chi connectivity index (χ3v) is 3.63. The second kappa shape index (κ2) is 3.85. The van der Waals surface area contributed by atoms with Gasteiger partial charge in [0, 0.05) is 17.0 Å². The van der Waals surface area contributed by atoms with Crippen LogP contribution in [0.4, 0.5) is 5.69 Å². The summed E-state index contributed by atoms with van der Waals surface area (Å²) in [5, 5.41) is 10.5. The number of fused-ring (bicyclic) bond motifs is 1. The Morgan fingerprint density at radius 2 is 2.18 bits per heavy atom. The van der Waals surface area contributed by atoms with Gasteiger partial charge in [0.25, 0.3) is 0 Å². The first kappa shape index (κ1) is 10.3. The van der Waals surface area contributed by atoms with Gasteiger partial charge in [-0.3, -0.25) is 4.40 Å². The molecule has 0 atom stereocenters. The fourth-order valence-corrected chi connectivity index (χ4v) is 2.62. The van der Waals surface area contributed by atoms with Gasteiger partial charge in [-0.05, 0) is 30.5 Å². The summed E-state index contributed by atoms with van der Waals surface area (Å²) in [7, 11) is 0. The van der Waals surface area contributed by atoms with Crippen molar-refractivity contribution in [3.05, 3.63) is 46.0 Å². The number of aromatic nitrogens is 3. The molecule has 0 saturated carbocycles. The van der Waals surface area contributed by atoms with Gasteiger partial charge in [-0.1, -0.05) is 6.07 Å². The lowest BCUT2D eigenvalue weighted by molar-refractivity contribution is 0.924. The Labute approximate surface area is 103 Å². The molecule has 0 aliphatic heterocycles. The lowest BCUT2D eigenvalue weighted by atomic mass is 10.3. The van der Waals surface area contributed by atoms with Crippen molar-refractivity contribution >= 4 is 22.7 Å². The SMILES string of the molecule is Cc1ccc(N)c2nnc(Cc3cccs3)n12. The summed E-state index contributed by atoms with van der Waals surface area (Å²) < 4.78 is 2.02. The van der Waals surface area contributed by atoms with Gasteiger partial charge in [-0.25, -0.2) is 0 Å². The van der Waals surface area contributed by atoms with E-state index in [2.05, 4.69) is 21.6 Å². The number of pyridine rings is 1. The predicted octanol–water partition coefficient (Wildman–Crippen LogP) is 2.27. The molecule has 0 amide bonds. The van der Waals surface area contributed by atoms with Gasteiger partial charge in [0.1, 0.15) is 5.82 Å². The van der Waals surface area contributed by atoms with Gasteiger partial charge in [0.05, 0.1) is 5.69 Å². The first-order valence-corrected chi connectivity index (χ1v) is 6.25. The van der Waals surface area contributed by atoms with Gasteiger partial charge >= 0.3 is 0 Å². The standard InChI is InChI=1S/C12H12N4S/c1-8-4-5-10(13)12-15-14-11(16(8)12)7-9-3-2-6-17-9/h2-6H,7,13H2,1H3. The number of nitrogen functional groups attached to an aromatic ring is 1. The van der Waals surface area contributed by atoms with Crippen molar-refractivity contribution < 1.29 is 0 Å². The second-order valence-electron chi connectivity index (χ2n) is 3.96. The summed E-state index contributed by atoms with van der Waals surface area (Å²) in [6.45, 7) is 2.04. The third kappa shape index (κ3) is 1.68. The number of hydrogen-bond acceptors (Lipinski definition) is 4. The molecular weight excluding hydrogens is 232 g/mol. The largest absolute Gasteiger partial charge is 0.396 e. The van der Waals surface area contributed by atoms with Crippen LogP contribution in [-0.4, -0.2) is 14.6 Å². The second-order valence-corrected chi connectivity index (χ2v) is 4.99. The Kier molecular flexibility index (Phi) is 2.33. The zero-order valence-corrected chi connectivity index (χ0v) is 10.2. The molecule has 0 aliphatic carbocycles. The normalized spacial score (nSPS) is 11.1. The molecule has 4 nitrogen and oxygen atoms in total. The summed E-state index contributed by atoms with van der Waals surface area (Å²) in [6, 6.07) is 8.01. The summed E-state index contributed by atoms with van der Waals surface area (Å²) in [5.41, 5.74) is 8.41. The number of rotatable bonds is 2. The average Bonchev–Trinajstić information content (AvgIpc) is 2.94. The number of aryl methyl sites for hydroxylation is 1. The van der Waals surface area contributed by atoms with Crippen molar-refractivity contribution in [1.29, 1.82) is 0 Å². The van der Waals surface area contributed by atoms with Crippen LogP contribution in [0.2, 0.25) is 0 Å². The molecule has 0 aliphatic rings. The molecule has 0 bridgehead atoms.